The maximum atomic E-state index is 10.2. The van der Waals surface area contributed by atoms with Crippen molar-refractivity contribution in [2.24, 2.45) is 0 Å². The summed E-state index contributed by atoms with van der Waals surface area (Å²) in [6.07, 6.45) is 10.0. The van der Waals surface area contributed by atoms with Crippen LogP contribution in [-0.4, -0.2) is 43.6 Å². The first-order valence-corrected chi connectivity index (χ1v) is 15.9. The van der Waals surface area contributed by atoms with Gasteiger partial charge in [-0.15, -0.1) is 0 Å². The number of aliphatic carboxylic acids is 2. The van der Waals surface area contributed by atoms with Gasteiger partial charge in [0.2, 0.25) is 0 Å². The summed E-state index contributed by atoms with van der Waals surface area (Å²) >= 11 is 7.96. The van der Waals surface area contributed by atoms with E-state index in [0.717, 1.165) is 25.7 Å². The van der Waals surface area contributed by atoms with Gasteiger partial charge < -0.3 is 19.8 Å². The minimum absolute atomic E-state index is 0.230. The van der Waals surface area contributed by atoms with Crippen LogP contribution < -0.4 is 10.2 Å². The Hall–Kier alpha value is 0.439. The molecular weight excluding hydrogens is 463 g/mol. The van der Waals surface area contributed by atoms with Crippen molar-refractivity contribution < 1.29 is 19.8 Å². The number of carbonyl (C=O) groups excluding carboxylic acids is 2. The first kappa shape index (κ1) is 30.2. The van der Waals surface area contributed by atoms with Gasteiger partial charge in [-0.05, 0) is 12.8 Å². The Morgan fingerprint density at radius 1 is 0.760 bits per heavy atom. The Balaban J connectivity index is -0.000000334. The van der Waals surface area contributed by atoms with Gasteiger partial charge in [0.05, 0.1) is 11.9 Å². The zero-order valence-corrected chi connectivity index (χ0v) is 20.9. The van der Waals surface area contributed by atoms with Crippen LogP contribution in [0.5, 0.6) is 0 Å². The molecule has 0 saturated heterocycles. The third-order valence-electron chi connectivity index (χ3n) is 3.21. The summed E-state index contributed by atoms with van der Waals surface area (Å²) in [4.78, 5) is 24.9. The standard InChI is InChI=1S/2C8H16O2S.2CH3.Sn/c2*1-2-3-4-5-6-7(11)8(9)10;;;/h2*7,11H,2-6H2,1H3,(H,9,10);2*1H3;/q;;;;+2/p-2. The first-order valence-electron chi connectivity index (χ1n) is 9.14. The molecule has 7 heteroatoms. The molecule has 0 aliphatic heterocycles. The van der Waals surface area contributed by atoms with E-state index in [4.69, 9.17) is 0 Å². The topological polar surface area (TPSA) is 80.3 Å². The van der Waals surface area contributed by atoms with E-state index in [2.05, 4.69) is 49.0 Å². The van der Waals surface area contributed by atoms with Crippen LogP contribution in [0.4, 0.5) is 0 Å². The molecule has 2 unspecified atom stereocenters. The Bertz CT molecular complexity index is 277. The van der Waals surface area contributed by atoms with Crippen LogP contribution in [0, 0.1) is 0 Å². The molecule has 4 nitrogen and oxygen atoms in total. The van der Waals surface area contributed by atoms with Crippen LogP contribution in [0.25, 0.3) is 0 Å². The molecule has 25 heavy (non-hydrogen) atoms. The number of rotatable bonds is 12. The summed E-state index contributed by atoms with van der Waals surface area (Å²) in [5.41, 5.74) is 0. The second kappa shape index (κ2) is 24.4. The van der Waals surface area contributed by atoms with Crippen molar-refractivity contribution in [2.75, 3.05) is 0 Å². The summed E-state index contributed by atoms with van der Waals surface area (Å²) in [6, 6.07) is 0. The quantitative estimate of drug-likeness (QED) is 0.246. The molecule has 0 saturated carbocycles. The molecule has 0 aliphatic rings. The average Bonchev–Trinajstić information content (AvgIpc) is 2.56. The molecule has 0 heterocycles. The van der Waals surface area contributed by atoms with Crippen molar-refractivity contribution in [1.29, 1.82) is 0 Å². The summed E-state index contributed by atoms with van der Waals surface area (Å²) in [5.74, 6) is -2.10. The third kappa shape index (κ3) is 29.5. The van der Waals surface area contributed by atoms with Crippen LogP contribution in [0.2, 0.25) is 9.88 Å². The van der Waals surface area contributed by atoms with Crippen molar-refractivity contribution in [3.8, 4) is 0 Å². The van der Waals surface area contributed by atoms with E-state index in [0.29, 0.717) is 12.8 Å². The molecule has 0 amide bonds. The summed E-state index contributed by atoms with van der Waals surface area (Å²) in [6.45, 7) is 4.24. The van der Waals surface area contributed by atoms with Crippen LogP contribution in [0.1, 0.15) is 78.1 Å². The molecule has 148 valence electrons. The predicted molar refractivity (Wildman–Crippen MR) is 111 cm³/mol. The van der Waals surface area contributed by atoms with Crippen LogP contribution in [0.15, 0.2) is 0 Å². The van der Waals surface area contributed by atoms with Gasteiger partial charge in [-0.1, -0.05) is 65.2 Å². The van der Waals surface area contributed by atoms with E-state index in [1.807, 2.05) is 0 Å². The van der Waals surface area contributed by atoms with Crippen LogP contribution in [0.3, 0.4) is 0 Å². The summed E-state index contributed by atoms with van der Waals surface area (Å²) in [5, 5.41) is 19.2. The van der Waals surface area contributed by atoms with Gasteiger partial charge in [0, 0.05) is 10.5 Å². The second-order valence-corrected chi connectivity index (χ2v) is 9.97. The monoisotopic (exact) mass is 500 g/mol. The molecule has 0 aromatic heterocycles. The second-order valence-electron chi connectivity index (χ2n) is 5.87. The normalized spacial score (nSPS) is 11.8. The molecular formula is C18H36O4S2Sn. The SMILES string of the molecule is CCCCCCC(S)C(=O)[O-].CCCCCCC(S)C(=O)[O-].[CH3][Sn+2][CH3]. The van der Waals surface area contributed by atoms with Gasteiger partial charge in [-0.2, -0.15) is 25.3 Å². The van der Waals surface area contributed by atoms with E-state index < -0.39 is 22.4 Å². The number of carbonyl (C=O) groups is 2. The Labute approximate surface area is 176 Å². The number of carboxylic acids is 2. The Morgan fingerprint density at radius 2 is 1.04 bits per heavy atom. The van der Waals surface area contributed by atoms with Gasteiger partial charge in [0.25, 0.3) is 0 Å². The average molecular weight is 499 g/mol. The molecule has 0 aromatic rings. The van der Waals surface area contributed by atoms with E-state index in [9.17, 15) is 19.8 Å². The summed E-state index contributed by atoms with van der Waals surface area (Å²) < 4.78 is 0. The Morgan fingerprint density at radius 3 is 1.24 bits per heavy atom. The van der Waals surface area contributed by atoms with Gasteiger partial charge in [0.15, 0.2) is 0 Å². The van der Waals surface area contributed by atoms with E-state index in [1.54, 1.807) is 0 Å². The number of hydrogen-bond donors (Lipinski definition) is 2. The van der Waals surface area contributed by atoms with Crippen molar-refractivity contribution in [2.45, 2.75) is 98.4 Å². The molecule has 0 rings (SSSR count). The molecule has 0 N–H and O–H groups in total. The van der Waals surface area contributed by atoms with Gasteiger partial charge in [-0.3, -0.25) is 0 Å². The number of unbranched alkanes of at least 4 members (excludes halogenated alkanes) is 6. The minimum atomic E-state index is -1.05. The zero-order chi connectivity index (χ0) is 20.1. The number of hydrogen-bond acceptors (Lipinski definition) is 6. The molecule has 0 bridgehead atoms. The van der Waals surface area contributed by atoms with Gasteiger partial charge >= 0.3 is 31.0 Å². The third-order valence-corrected chi connectivity index (χ3v) is 4.14. The number of carboxylic acid groups (broad SMARTS) is 2. The fourth-order valence-electron chi connectivity index (χ4n) is 1.76. The Kier molecular flexibility index (Phi) is 29.5. The molecule has 0 aliphatic carbocycles. The summed E-state index contributed by atoms with van der Waals surface area (Å²) in [7, 11) is 0. The predicted octanol–water partition coefficient (Wildman–Crippen LogP) is 2.80. The van der Waals surface area contributed by atoms with E-state index in [1.165, 1.54) is 25.7 Å². The van der Waals surface area contributed by atoms with Crippen molar-refractivity contribution in [3.05, 3.63) is 0 Å². The molecule has 0 fully saturated rings. The van der Waals surface area contributed by atoms with Gasteiger partial charge in [0.1, 0.15) is 0 Å². The van der Waals surface area contributed by atoms with Crippen molar-refractivity contribution in [3.63, 3.8) is 0 Å². The van der Waals surface area contributed by atoms with E-state index >= 15 is 0 Å². The number of thiol groups is 2. The maximum absolute atomic E-state index is 10.2. The molecule has 0 aromatic carbocycles. The van der Waals surface area contributed by atoms with Crippen molar-refractivity contribution >= 4 is 58.3 Å². The fraction of sp³-hybridized carbons (Fsp3) is 0.889. The van der Waals surface area contributed by atoms with Crippen molar-refractivity contribution in [1.82, 2.24) is 0 Å². The van der Waals surface area contributed by atoms with Crippen LogP contribution in [-0.2, 0) is 9.59 Å². The molecule has 0 spiro atoms. The zero-order valence-electron chi connectivity index (χ0n) is 16.3. The molecule has 2 atom stereocenters. The van der Waals surface area contributed by atoms with Gasteiger partial charge in [-0.25, -0.2) is 0 Å². The first-order chi connectivity index (χ1) is 11.8. The molecule has 0 radical (unpaired) electrons. The fourth-order valence-corrected chi connectivity index (χ4v) is 2.13. The van der Waals surface area contributed by atoms with E-state index in [-0.39, 0.29) is 21.1 Å². The van der Waals surface area contributed by atoms with Crippen LogP contribution >= 0.6 is 25.3 Å².